The molecule has 1 heterocycles. The number of benzene rings is 3. The highest BCUT2D eigenvalue weighted by Gasteiger charge is 2.21. The smallest absolute Gasteiger partial charge is 0.320 e. The van der Waals surface area contributed by atoms with Crippen LogP contribution in [0.5, 0.6) is 0 Å². The van der Waals surface area contributed by atoms with E-state index in [-0.39, 0.29) is 6.54 Å². The van der Waals surface area contributed by atoms with Crippen LogP contribution in [-0.4, -0.2) is 20.3 Å². The fourth-order valence-electron chi connectivity index (χ4n) is 3.21. The zero-order chi connectivity index (χ0) is 22.7. The molecule has 4 rings (SSSR count). The van der Waals surface area contributed by atoms with E-state index in [9.17, 15) is 18.8 Å². The minimum atomic E-state index is -0.836. The Bertz CT molecular complexity index is 1390. The first kappa shape index (κ1) is 20.9. The number of rotatable bonds is 5. The van der Waals surface area contributed by atoms with Gasteiger partial charge in [-0.2, -0.15) is 9.78 Å². The Morgan fingerprint density at radius 2 is 1.69 bits per heavy atom. The Labute approximate surface area is 182 Å². The van der Waals surface area contributed by atoms with E-state index in [0.717, 1.165) is 14.8 Å². The molecule has 0 saturated heterocycles. The third kappa shape index (κ3) is 4.39. The molecule has 0 atom stereocenters. The van der Waals surface area contributed by atoms with Crippen LogP contribution in [0.15, 0.2) is 88.5 Å². The number of amides is 1. The number of carbonyl (C=O) groups excluding carboxylic acids is 1. The van der Waals surface area contributed by atoms with Crippen molar-refractivity contribution in [3.05, 3.63) is 122 Å². The van der Waals surface area contributed by atoms with Crippen LogP contribution in [0.3, 0.4) is 0 Å². The highest BCUT2D eigenvalue weighted by molar-refractivity contribution is 6.02. The lowest BCUT2D eigenvalue weighted by atomic mass is 10.2. The topological polar surface area (TPSA) is 86.0 Å². The Morgan fingerprint density at radius 1 is 0.969 bits per heavy atom. The molecule has 160 valence electrons. The molecule has 0 fully saturated rings. The fraction of sp³-hybridized carbons (Fsp3) is 0.0833. The van der Waals surface area contributed by atoms with Crippen molar-refractivity contribution in [3.63, 3.8) is 0 Å². The summed E-state index contributed by atoms with van der Waals surface area (Å²) in [5.41, 5.74) is 0.327. The molecule has 0 aliphatic heterocycles. The molecule has 4 aromatic rings. The first-order valence-corrected chi connectivity index (χ1v) is 9.84. The van der Waals surface area contributed by atoms with E-state index >= 15 is 0 Å². The maximum atomic E-state index is 13.3. The van der Waals surface area contributed by atoms with Gasteiger partial charge in [0.15, 0.2) is 0 Å². The van der Waals surface area contributed by atoms with E-state index in [2.05, 4.69) is 10.4 Å². The van der Waals surface area contributed by atoms with E-state index in [0.29, 0.717) is 16.9 Å². The van der Waals surface area contributed by atoms with Crippen molar-refractivity contribution in [3.8, 4) is 5.69 Å². The number of halogens is 1. The monoisotopic (exact) mass is 430 g/mol. The van der Waals surface area contributed by atoms with Crippen molar-refractivity contribution in [1.82, 2.24) is 14.3 Å². The normalized spacial score (nSPS) is 10.7. The lowest BCUT2D eigenvalue weighted by Crippen LogP contribution is -2.45. The van der Waals surface area contributed by atoms with Crippen LogP contribution in [0, 0.1) is 12.7 Å². The predicted molar refractivity (Wildman–Crippen MR) is 119 cm³/mol. The van der Waals surface area contributed by atoms with Crippen LogP contribution in [0.2, 0.25) is 0 Å². The van der Waals surface area contributed by atoms with Gasteiger partial charge in [0.25, 0.3) is 11.5 Å². The summed E-state index contributed by atoms with van der Waals surface area (Å²) in [4.78, 5) is 39.2. The number of nitrogens with zero attached hydrogens (tertiary/aromatic N) is 3. The van der Waals surface area contributed by atoms with Gasteiger partial charge in [-0.25, -0.2) is 9.18 Å². The molecule has 1 N–H and O–H groups in total. The number of aromatic nitrogens is 3. The quantitative estimate of drug-likeness (QED) is 0.527. The molecule has 8 heteroatoms. The van der Waals surface area contributed by atoms with Gasteiger partial charge in [0.1, 0.15) is 5.82 Å². The SMILES string of the molecule is Cc1cccc(-n2nc(C(=O)Nc3ccccc3)c(=O)n(Cc3ccc(F)cc3)c2=O)c1. The number of para-hydroxylation sites is 1. The van der Waals surface area contributed by atoms with E-state index in [1.165, 1.54) is 24.3 Å². The van der Waals surface area contributed by atoms with E-state index in [1.54, 1.807) is 48.5 Å². The van der Waals surface area contributed by atoms with Gasteiger partial charge in [0.05, 0.1) is 12.2 Å². The zero-order valence-electron chi connectivity index (χ0n) is 17.2. The van der Waals surface area contributed by atoms with Crippen molar-refractivity contribution in [2.75, 3.05) is 5.32 Å². The molecule has 0 radical (unpaired) electrons. The molecule has 0 bridgehead atoms. The Kier molecular flexibility index (Phi) is 5.76. The van der Waals surface area contributed by atoms with Crippen molar-refractivity contribution >= 4 is 11.6 Å². The summed E-state index contributed by atoms with van der Waals surface area (Å²) in [5, 5.41) is 6.72. The molecular weight excluding hydrogens is 411 g/mol. The lowest BCUT2D eigenvalue weighted by molar-refractivity contribution is 0.101. The highest BCUT2D eigenvalue weighted by atomic mass is 19.1. The van der Waals surface area contributed by atoms with Gasteiger partial charge in [-0.1, -0.05) is 42.5 Å². The minimum Gasteiger partial charge on any atom is -0.320 e. The number of hydrogen-bond acceptors (Lipinski definition) is 4. The number of carbonyl (C=O) groups is 1. The molecule has 1 amide bonds. The number of hydrogen-bond donors (Lipinski definition) is 1. The fourth-order valence-corrected chi connectivity index (χ4v) is 3.21. The predicted octanol–water partition coefficient (Wildman–Crippen LogP) is 3.14. The molecule has 0 spiro atoms. The molecule has 0 aliphatic carbocycles. The minimum absolute atomic E-state index is 0.141. The van der Waals surface area contributed by atoms with Gasteiger partial charge in [-0.15, -0.1) is 0 Å². The van der Waals surface area contributed by atoms with Crippen molar-refractivity contribution in [2.45, 2.75) is 13.5 Å². The second-order valence-electron chi connectivity index (χ2n) is 7.22. The van der Waals surface area contributed by atoms with E-state index < -0.39 is 28.7 Å². The maximum absolute atomic E-state index is 13.3. The summed E-state index contributed by atoms with van der Waals surface area (Å²) in [6, 6.07) is 21.0. The van der Waals surface area contributed by atoms with Gasteiger partial charge >= 0.3 is 5.69 Å². The van der Waals surface area contributed by atoms with Crippen molar-refractivity contribution in [1.29, 1.82) is 0 Å². The second-order valence-corrected chi connectivity index (χ2v) is 7.22. The average molecular weight is 430 g/mol. The third-order valence-corrected chi connectivity index (χ3v) is 4.81. The molecule has 1 aromatic heterocycles. The van der Waals surface area contributed by atoms with Crippen LogP contribution in [0.1, 0.15) is 21.6 Å². The molecule has 32 heavy (non-hydrogen) atoms. The summed E-state index contributed by atoms with van der Waals surface area (Å²) >= 11 is 0. The molecule has 3 aromatic carbocycles. The van der Waals surface area contributed by atoms with Crippen LogP contribution in [0.4, 0.5) is 10.1 Å². The highest BCUT2D eigenvalue weighted by Crippen LogP contribution is 2.09. The van der Waals surface area contributed by atoms with Crippen LogP contribution < -0.4 is 16.6 Å². The Balaban J connectivity index is 1.86. The first-order valence-electron chi connectivity index (χ1n) is 9.84. The number of nitrogens with one attached hydrogen (secondary N) is 1. The molecule has 0 saturated carbocycles. The van der Waals surface area contributed by atoms with Gasteiger partial charge in [0.2, 0.25) is 5.69 Å². The van der Waals surface area contributed by atoms with Crippen LogP contribution >= 0.6 is 0 Å². The first-order chi connectivity index (χ1) is 15.4. The van der Waals surface area contributed by atoms with E-state index in [4.69, 9.17) is 0 Å². The van der Waals surface area contributed by atoms with Gasteiger partial charge in [0, 0.05) is 5.69 Å². The molecule has 0 aliphatic rings. The number of anilines is 1. The van der Waals surface area contributed by atoms with Gasteiger partial charge in [-0.05, 0) is 54.4 Å². The van der Waals surface area contributed by atoms with Crippen LogP contribution in [0.25, 0.3) is 5.69 Å². The van der Waals surface area contributed by atoms with E-state index in [1.807, 2.05) is 13.0 Å². The zero-order valence-corrected chi connectivity index (χ0v) is 17.2. The number of aryl methyl sites for hydroxylation is 1. The van der Waals surface area contributed by atoms with Crippen LogP contribution in [-0.2, 0) is 6.54 Å². The lowest BCUT2D eigenvalue weighted by Gasteiger charge is -2.13. The maximum Gasteiger partial charge on any atom is 0.352 e. The summed E-state index contributed by atoms with van der Waals surface area (Å²) in [6.45, 7) is 1.71. The summed E-state index contributed by atoms with van der Waals surface area (Å²) in [5.74, 6) is -1.17. The summed E-state index contributed by atoms with van der Waals surface area (Å²) in [7, 11) is 0. The van der Waals surface area contributed by atoms with Crippen molar-refractivity contribution < 1.29 is 9.18 Å². The summed E-state index contributed by atoms with van der Waals surface area (Å²) < 4.78 is 15.2. The standard InChI is InChI=1S/C24H19FN4O3/c1-16-6-5-9-20(14-16)29-24(32)28(15-17-10-12-18(25)13-11-17)23(31)21(27-29)22(30)26-19-7-3-2-4-8-19/h2-14H,15H2,1H3,(H,26,30). The third-order valence-electron chi connectivity index (χ3n) is 4.81. The molecular formula is C24H19FN4O3. The summed E-state index contributed by atoms with van der Waals surface area (Å²) in [6.07, 6.45) is 0. The van der Waals surface area contributed by atoms with Gasteiger partial charge in [-0.3, -0.25) is 14.2 Å². The molecule has 7 nitrogen and oxygen atoms in total. The van der Waals surface area contributed by atoms with Crippen molar-refractivity contribution in [2.24, 2.45) is 0 Å². The second kappa shape index (κ2) is 8.81. The van der Waals surface area contributed by atoms with Gasteiger partial charge < -0.3 is 5.32 Å². The largest absolute Gasteiger partial charge is 0.352 e. The Morgan fingerprint density at radius 3 is 2.38 bits per heavy atom. The molecule has 0 unspecified atom stereocenters. The Hall–Kier alpha value is -4.33. The average Bonchev–Trinajstić information content (AvgIpc) is 2.78.